The van der Waals surface area contributed by atoms with Crippen LogP contribution < -0.4 is 5.32 Å². The quantitative estimate of drug-likeness (QED) is 0.761. The summed E-state index contributed by atoms with van der Waals surface area (Å²) in [5, 5.41) is 6.36. The summed E-state index contributed by atoms with van der Waals surface area (Å²) in [6.45, 7) is 3.46. The zero-order valence-electron chi connectivity index (χ0n) is 9.61. The maximum Gasteiger partial charge on any atom is 0.0329 e. The predicted molar refractivity (Wildman–Crippen MR) is 68.5 cm³/mol. The lowest BCUT2D eigenvalue weighted by molar-refractivity contribution is 0.615. The third kappa shape index (κ3) is 1.61. The average molecular weight is 211 g/mol. The van der Waals surface area contributed by atoms with Gasteiger partial charge in [-0.25, -0.2) is 0 Å². The van der Waals surface area contributed by atoms with Gasteiger partial charge in [-0.3, -0.25) is 0 Å². The molecule has 0 amide bonds. The molecule has 1 saturated heterocycles. The first-order chi connectivity index (χ1) is 7.84. The Bertz CT molecular complexity index is 498. The highest BCUT2D eigenvalue weighted by Gasteiger charge is 2.22. The van der Waals surface area contributed by atoms with Crippen LogP contribution >= 0.6 is 0 Å². The van der Waals surface area contributed by atoms with E-state index in [0.29, 0.717) is 6.04 Å². The van der Waals surface area contributed by atoms with Crippen molar-refractivity contribution in [1.82, 2.24) is 5.32 Å². The summed E-state index contributed by atoms with van der Waals surface area (Å²) in [5.74, 6) is 0.795. The van der Waals surface area contributed by atoms with Gasteiger partial charge in [-0.05, 0) is 35.2 Å². The van der Waals surface area contributed by atoms with Crippen molar-refractivity contribution in [1.29, 1.82) is 0 Å². The van der Waals surface area contributed by atoms with E-state index in [9.17, 15) is 0 Å². The van der Waals surface area contributed by atoms with E-state index < -0.39 is 0 Å². The highest BCUT2D eigenvalue weighted by atomic mass is 14.9. The number of benzene rings is 2. The predicted octanol–water partition coefficient (Wildman–Crippen LogP) is 3.51. The van der Waals surface area contributed by atoms with Crippen LogP contribution in [0.1, 0.15) is 24.9 Å². The Hall–Kier alpha value is -1.34. The van der Waals surface area contributed by atoms with Crippen LogP contribution in [0.3, 0.4) is 0 Å². The number of hydrogen-bond acceptors (Lipinski definition) is 1. The molecule has 0 unspecified atom stereocenters. The van der Waals surface area contributed by atoms with E-state index >= 15 is 0 Å². The molecule has 0 saturated carbocycles. The summed E-state index contributed by atoms with van der Waals surface area (Å²) in [7, 11) is 0. The van der Waals surface area contributed by atoms with Crippen molar-refractivity contribution in [3.8, 4) is 0 Å². The van der Waals surface area contributed by atoms with Gasteiger partial charge >= 0.3 is 0 Å². The molecule has 82 valence electrons. The molecular formula is C15H17N. The summed E-state index contributed by atoms with van der Waals surface area (Å²) in [5.41, 5.74) is 1.46. The Balaban J connectivity index is 2.09. The van der Waals surface area contributed by atoms with E-state index in [1.165, 1.54) is 22.8 Å². The monoisotopic (exact) mass is 211 g/mol. The van der Waals surface area contributed by atoms with E-state index in [2.05, 4.69) is 54.7 Å². The molecule has 0 aromatic heterocycles. The molecule has 1 heterocycles. The first-order valence-electron chi connectivity index (χ1n) is 6.05. The zero-order valence-corrected chi connectivity index (χ0v) is 9.61. The first-order valence-corrected chi connectivity index (χ1v) is 6.05. The maximum atomic E-state index is 3.61. The topological polar surface area (TPSA) is 12.0 Å². The number of hydrogen-bond donors (Lipinski definition) is 1. The first kappa shape index (κ1) is 9.86. The highest BCUT2D eigenvalue weighted by Crippen LogP contribution is 2.31. The molecular weight excluding hydrogens is 194 g/mol. The third-order valence-corrected chi connectivity index (χ3v) is 3.55. The average Bonchev–Trinajstić information content (AvgIpc) is 2.75. The molecule has 1 nitrogen and oxygen atoms in total. The molecule has 2 aromatic carbocycles. The second-order valence-electron chi connectivity index (χ2n) is 4.87. The third-order valence-electron chi connectivity index (χ3n) is 3.55. The van der Waals surface area contributed by atoms with Crippen LogP contribution in [-0.2, 0) is 0 Å². The summed E-state index contributed by atoms with van der Waals surface area (Å²) in [4.78, 5) is 0. The lowest BCUT2D eigenvalue weighted by atomic mass is 9.96. The number of fused-ring (bicyclic) bond motifs is 1. The molecule has 0 aliphatic carbocycles. The molecule has 2 atom stereocenters. The molecule has 2 aromatic rings. The maximum absolute atomic E-state index is 3.61. The van der Waals surface area contributed by atoms with Crippen LogP contribution in [0.4, 0.5) is 0 Å². The van der Waals surface area contributed by atoms with E-state index in [1.54, 1.807) is 0 Å². The summed E-state index contributed by atoms with van der Waals surface area (Å²) < 4.78 is 0. The van der Waals surface area contributed by atoms with Gasteiger partial charge in [0.2, 0.25) is 0 Å². The SMILES string of the molecule is C[C@@H]1CN[C@H](c2cccc3ccccc23)C1. The molecule has 1 fully saturated rings. The van der Waals surface area contributed by atoms with Crippen molar-refractivity contribution in [2.45, 2.75) is 19.4 Å². The van der Waals surface area contributed by atoms with Gasteiger partial charge in [0, 0.05) is 6.04 Å². The van der Waals surface area contributed by atoms with Crippen molar-refractivity contribution < 1.29 is 0 Å². The Kier molecular flexibility index (Phi) is 2.41. The van der Waals surface area contributed by atoms with Crippen LogP contribution in [-0.4, -0.2) is 6.54 Å². The Morgan fingerprint density at radius 1 is 1.06 bits per heavy atom. The largest absolute Gasteiger partial charge is 0.310 e. The van der Waals surface area contributed by atoms with E-state index in [0.717, 1.165) is 12.5 Å². The van der Waals surface area contributed by atoms with Gasteiger partial charge in [0.05, 0.1) is 0 Å². The van der Waals surface area contributed by atoms with Gasteiger partial charge in [-0.15, -0.1) is 0 Å². The molecule has 1 aliphatic rings. The zero-order chi connectivity index (χ0) is 11.0. The van der Waals surface area contributed by atoms with Gasteiger partial charge in [-0.1, -0.05) is 49.4 Å². The summed E-state index contributed by atoms with van der Waals surface area (Å²) in [6.07, 6.45) is 1.26. The Morgan fingerprint density at radius 2 is 1.88 bits per heavy atom. The second-order valence-corrected chi connectivity index (χ2v) is 4.87. The van der Waals surface area contributed by atoms with Crippen LogP contribution in [0.15, 0.2) is 42.5 Å². The number of rotatable bonds is 1. The van der Waals surface area contributed by atoms with Gasteiger partial charge < -0.3 is 5.32 Å². The van der Waals surface area contributed by atoms with Gasteiger partial charge in [0.25, 0.3) is 0 Å². The van der Waals surface area contributed by atoms with Crippen LogP contribution in [0, 0.1) is 5.92 Å². The normalized spacial score (nSPS) is 25.1. The second kappa shape index (κ2) is 3.91. The molecule has 0 radical (unpaired) electrons. The minimum atomic E-state index is 0.543. The minimum absolute atomic E-state index is 0.543. The molecule has 0 spiro atoms. The number of nitrogens with one attached hydrogen (secondary N) is 1. The lowest BCUT2D eigenvalue weighted by Crippen LogP contribution is -2.13. The summed E-state index contributed by atoms with van der Waals surface area (Å²) >= 11 is 0. The Labute approximate surface area is 96.5 Å². The van der Waals surface area contributed by atoms with Gasteiger partial charge in [0.15, 0.2) is 0 Å². The van der Waals surface area contributed by atoms with E-state index in [4.69, 9.17) is 0 Å². The lowest BCUT2D eigenvalue weighted by Gasteiger charge is -2.13. The smallest absolute Gasteiger partial charge is 0.0329 e. The standard InChI is InChI=1S/C15H17N/c1-11-9-15(16-10-11)14-8-4-6-12-5-2-3-7-13(12)14/h2-8,11,15-16H,9-10H2,1H3/t11-,15-/m0/s1. The van der Waals surface area contributed by atoms with Crippen LogP contribution in [0.5, 0.6) is 0 Å². The fourth-order valence-corrected chi connectivity index (χ4v) is 2.70. The van der Waals surface area contributed by atoms with Crippen molar-refractivity contribution in [3.63, 3.8) is 0 Å². The van der Waals surface area contributed by atoms with Crippen molar-refractivity contribution in [2.75, 3.05) is 6.54 Å². The van der Waals surface area contributed by atoms with E-state index in [1.807, 2.05) is 0 Å². The molecule has 1 N–H and O–H groups in total. The molecule has 1 aliphatic heterocycles. The Morgan fingerprint density at radius 3 is 2.69 bits per heavy atom. The van der Waals surface area contributed by atoms with Crippen molar-refractivity contribution in [2.24, 2.45) is 5.92 Å². The molecule has 16 heavy (non-hydrogen) atoms. The van der Waals surface area contributed by atoms with Crippen LogP contribution in [0.2, 0.25) is 0 Å². The van der Waals surface area contributed by atoms with Crippen molar-refractivity contribution >= 4 is 10.8 Å². The fourth-order valence-electron chi connectivity index (χ4n) is 2.70. The van der Waals surface area contributed by atoms with Crippen molar-refractivity contribution in [3.05, 3.63) is 48.0 Å². The molecule has 0 bridgehead atoms. The highest BCUT2D eigenvalue weighted by molar-refractivity contribution is 5.86. The van der Waals surface area contributed by atoms with Gasteiger partial charge in [0.1, 0.15) is 0 Å². The molecule has 3 rings (SSSR count). The summed E-state index contributed by atoms with van der Waals surface area (Å²) in [6, 6.07) is 15.8. The van der Waals surface area contributed by atoms with E-state index in [-0.39, 0.29) is 0 Å². The minimum Gasteiger partial charge on any atom is -0.310 e. The molecule has 1 heteroatoms. The fraction of sp³-hybridized carbons (Fsp3) is 0.333. The van der Waals surface area contributed by atoms with Gasteiger partial charge in [-0.2, -0.15) is 0 Å². The van der Waals surface area contributed by atoms with Crippen LogP contribution in [0.25, 0.3) is 10.8 Å².